The predicted molar refractivity (Wildman–Crippen MR) is 185 cm³/mol. The van der Waals surface area contributed by atoms with Crippen LogP contribution >= 0.6 is 0 Å². The van der Waals surface area contributed by atoms with E-state index in [2.05, 4.69) is 162 Å². The monoisotopic (exact) mass is 574 g/mol. The van der Waals surface area contributed by atoms with Gasteiger partial charge in [0.1, 0.15) is 0 Å². The first-order chi connectivity index (χ1) is 22.3. The molecule has 0 saturated carbocycles. The van der Waals surface area contributed by atoms with Crippen LogP contribution in [0.15, 0.2) is 158 Å². The molecule has 9 rings (SSSR count). The van der Waals surface area contributed by atoms with Gasteiger partial charge in [-0.25, -0.2) is 15.0 Å². The summed E-state index contributed by atoms with van der Waals surface area (Å²) < 4.78 is 2.32. The Hall–Kier alpha value is -6.13. The Labute approximate surface area is 259 Å². The molecule has 0 aliphatic carbocycles. The number of benzene rings is 7. The number of nitrogens with zero attached hydrogens (tertiary/aromatic N) is 4. The van der Waals surface area contributed by atoms with Gasteiger partial charge in [-0.1, -0.05) is 109 Å². The van der Waals surface area contributed by atoms with Crippen molar-refractivity contribution in [3.8, 4) is 39.9 Å². The highest BCUT2D eigenvalue weighted by Crippen LogP contribution is 2.33. The third-order valence-corrected chi connectivity index (χ3v) is 8.61. The van der Waals surface area contributed by atoms with Crippen LogP contribution in [0.4, 0.5) is 0 Å². The van der Waals surface area contributed by atoms with E-state index in [1.165, 1.54) is 32.6 Å². The van der Waals surface area contributed by atoms with Gasteiger partial charge >= 0.3 is 0 Å². The largest absolute Gasteiger partial charge is 0.309 e. The molecule has 0 saturated heterocycles. The van der Waals surface area contributed by atoms with E-state index in [1.807, 2.05) is 0 Å². The van der Waals surface area contributed by atoms with Crippen LogP contribution in [-0.4, -0.2) is 19.5 Å². The first-order valence-corrected chi connectivity index (χ1v) is 15.1. The summed E-state index contributed by atoms with van der Waals surface area (Å²) in [6.07, 6.45) is 0. The fraction of sp³-hybridized carbons (Fsp3) is 0. The first-order valence-electron chi connectivity index (χ1n) is 15.1. The highest BCUT2D eigenvalue weighted by Gasteiger charge is 2.15. The second-order valence-electron chi connectivity index (χ2n) is 11.3. The maximum Gasteiger partial charge on any atom is 0.164 e. The van der Waals surface area contributed by atoms with Crippen molar-refractivity contribution in [3.05, 3.63) is 158 Å². The molecule has 9 aromatic rings. The zero-order valence-electron chi connectivity index (χ0n) is 24.3. The molecule has 0 atom stereocenters. The number of hydrogen-bond acceptors (Lipinski definition) is 3. The second kappa shape index (κ2) is 10.2. The summed E-state index contributed by atoms with van der Waals surface area (Å²) >= 11 is 0. The number of rotatable bonds is 4. The van der Waals surface area contributed by atoms with Crippen molar-refractivity contribution in [1.82, 2.24) is 19.5 Å². The number of aromatic nitrogens is 4. The normalized spacial score (nSPS) is 11.6. The molecule has 0 radical (unpaired) electrons. The Bertz CT molecular complexity index is 2390. The lowest BCUT2D eigenvalue weighted by Crippen LogP contribution is -2.00. The lowest BCUT2D eigenvalue weighted by atomic mass is 10.1. The number of fused-ring (bicyclic) bond motifs is 5. The molecular formula is C41H26N4. The smallest absolute Gasteiger partial charge is 0.164 e. The number of para-hydroxylation sites is 2. The standard InChI is InChI=1S/C41H26N4/c1-3-11-30-25-32(19-17-27(30)9-1)40-42-39(43-41(44-40)33-20-18-28-10-2-4-12-31(28)26-33)29-21-23-34(24-22-29)45-37-15-7-5-13-35(37)36-14-6-8-16-38(36)45/h1-26H. The molecule has 45 heavy (non-hydrogen) atoms. The summed E-state index contributed by atoms with van der Waals surface area (Å²) in [5.41, 5.74) is 6.32. The molecule has 2 aromatic heterocycles. The summed E-state index contributed by atoms with van der Waals surface area (Å²) in [6, 6.07) is 55.2. The topological polar surface area (TPSA) is 43.6 Å². The van der Waals surface area contributed by atoms with Crippen LogP contribution in [0.5, 0.6) is 0 Å². The molecular weight excluding hydrogens is 548 g/mol. The third-order valence-electron chi connectivity index (χ3n) is 8.61. The van der Waals surface area contributed by atoms with Gasteiger partial charge in [0.25, 0.3) is 0 Å². The van der Waals surface area contributed by atoms with E-state index >= 15 is 0 Å². The fourth-order valence-corrected chi connectivity index (χ4v) is 6.38. The minimum atomic E-state index is 0.644. The van der Waals surface area contributed by atoms with Gasteiger partial charge in [0.15, 0.2) is 17.5 Å². The van der Waals surface area contributed by atoms with Crippen molar-refractivity contribution in [3.63, 3.8) is 0 Å². The Morgan fingerprint density at radius 3 is 1.24 bits per heavy atom. The summed E-state index contributed by atoms with van der Waals surface area (Å²) in [7, 11) is 0. The lowest BCUT2D eigenvalue weighted by Gasteiger charge is -2.11. The van der Waals surface area contributed by atoms with Crippen molar-refractivity contribution in [1.29, 1.82) is 0 Å². The van der Waals surface area contributed by atoms with Crippen molar-refractivity contribution in [2.24, 2.45) is 0 Å². The van der Waals surface area contributed by atoms with E-state index in [9.17, 15) is 0 Å². The zero-order chi connectivity index (χ0) is 29.7. The summed E-state index contributed by atoms with van der Waals surface area (Å²) in [5, 5.41) is 7.17. The van der Waals surface area contributed by atoms with Crippen molar-refractivity contribution >= 4 is 43.4 Å². The molecule has 210 valence electrons. The lowest BCUT2D eigenvalue weighted by molar-refractivity contribution is 1.07. The average Bonchev–Trinajstić information content (AvgIpc) is 3.45. The van der Waals surface area contributed by atoms with Gasteiger partial charge in [0, 0.05) is 33.2 Å². The fourth-order valence-electron chi connectivity index (χ4n) is 6.38. The van der Waals surface area contributed by atoms with Gasteiger partial charge in [-0.3, -0.25) is 0 Å². The first kappa shape index (κ1) is 25.4. The predicted octanol–water partition coefficient (Wildman–Crippen LogP) is 10.3. The quantitative estimate of drug-likeness (QED) is 0.210. The molecule has 0 amide bonds. The van der Waals surface area contributed by atoms with Gasteiger partial charge in [-0.15, -0.1) is 0 Å². The van der Waals surface area contributed by atoms with Crippen LogP contribution in [0.2, 0.25) is 0 Å². The minimum Gasteiger partial charge on any atom is -0.309 e. The third kappa shape index (κ3) is 4.35. The maximum absolute atomic E-state index is 5.03. The summed E-state index contributed by atoms with van der Waals surface area (Å²) in [5.74, 6) is 1.95. The molecule has 4 heteroatoms. The van der Waals surface area contributed by atoms with Gasteiger partial charge in [0.05, 0.1) is 11.0 Å². The van der Waals surface area contributed by atoms with Crippen LogP contribution in [0.3, 0.4) is 0 Å². The molecule has 0 N–H and O–H groups in total. The summed E-state index contributed by atoms with van der Waals surface area (Å²) in [6.45, 7) is 0. The van der Waals surface area contributed by atoms with E-state index in [0.717, 1.165) is 33.2 Å². The second-order valence-corrected chi connectivity index (χ2v) is 11.3. The maximum atomic E-state index is 5.03. The van der Waals surface area contributed by atoms with Crippen LogP contribution < -0.4 is 0 Å². The molecule has 4 nitrogen and oxygen atoms in total. The molecule has 7 aromatic carbocycles. The molecule has 0 fully saturated rings. The average molecular weight is 575 g/mol. The molecule has 0 spiro atoms. The van der Waals surface area contributed by atoms with Gasteiger partial charge in [0.2, 0.25) is 0 Å². The van der Waals surface area contributed by atoms with E-state index in [0.29, 0.717) is 17.5 Å². The Morgan fingerprint density at radius 2 is 0.733 bits per heavy atom. The Morgan fingerprint density at radius 1 is 0.333 bits per heavy atom. The van der Waals surface area contributed by atoms with Crippen molar-refractivity contribution < 1.29 is 0 Å². The summed E-state index contributed by atoms with van der Waals surface area (Å²) in [4.78, 5) is 15.1. The van der Waals surface area contributed by atoms with Crippen LogP contribution in [0.1, 0.15) is 0 Å². The van der Waals surface area contributed by atoms with Gasteiger partial charge in [-0.2, -0.15) is 0 Å². The van der Waals surface area contributed by atoms with E-state index in [1.54, 1.807) is 0 Å². The van der Waals surface area contributed by atoms with E-state index in [4.69, 9.17) is 15.0 Å². The minimum absolute atomic E-state index is 0.644. The van der Waals surface area contributed by atoms with Crippen molar-refractivity contribution in [2.45, 2.75) is 0 Å². The van der Waals surface area contributed by atoms with Crippen molar-refractivity contribution in [2.75, 3.05) is 0 Å². The molecule has 0 aliphatic rings. The highest BCUT2D eigenvalue weighted by atomic mass is 15.0. The molecule has 0 bridgehead atoms. The molecule has 0 unspecified atom stereocenters. The number of hydrogen-bond donors (Lipinski definition) is 0. The zero-order valence-corrected chi connectivity index (χ0v) is 24.3. The van der Waals surface area contributed by atoms with E-state index < -0.39 is 0 Å². The SMILES string of the molecule is c1ccc2cc(-c3nc(-c4ccc(-n5c6ccccc6c6ccccc65)cc4)nc(-c4ccc5ccccc5c4)n3)ccc2c1. The van der Waals surface area contributed by atoms with Gasteiger partial charge in [-0.05, 0) is 70.1 Å². The van der Waals surface area contributed by atoms with Gasteiger partial charge < -0.3 is 4.57 Å². The van der Waals surface area contributed by atoms with E-state index in [-0.39, 0.29) is 0 Å². The van der Waals surface area contributed by atoms with Crippen LogP contribution in [0.25, 0.3) is 83.2 Å². The van der Waals surface area contributed by atoms with Crippen LogP contribution in [-0.2, 0) is 0 Å². The highest BCUT2D eigenvalue weighted by molar-refractivity contribution is 6.09. The molecule has 2 heterocycles. The Kier molecular flexibility index (Phi) is 5.78. The Balaban J connectivity index is 1.20. The molecule has 0 aliphatic heterocycles. The van der Waals surface area contributed by atoms with Crippen LogP contribution in [0, 0.1) is 0 Å².